The van der Waals surface area contributed by atoms with Crippen LogP contribution in [0.3, 0.4) is 0 Å². The average molecular weight is 368 g/mol. The Kier molecular flexibility index (Phi) is 6.79. The van der Waals surface area contributed by atoms with Crippen LogP contribution in [0.5, 0.6) is 0 Å². The SMILES string of the molecule is CC(C)NNC(=O)/C(=C/c1cccc([N+](=O)[O-])c1)NC(=O)c1ccccc1. The summed E-state index contributed by atoms with van der Waals surface area (Å²) in [5.41, 5.74) is 5.88. The van der Waals surface area contributed by atoms with Gasteiger partial charge in [-0.3, -0.25) is 25.1 Å². The summed E-state index contributed by atoms with van der Waals surface area (Å²) in [5, 5.41) is 13.5. The molecule has 2 aromatic carbocycles. The fourth-order valence-corrected chi connectivity index (χ4v) is 2.11. The molecule has 27 heavy (non-hydrogen) atoms. The molecule has 140 valence electrons. The molecule has 0 aliphatic heterocycles. The molecule has 0 fully saturated rings. The van der Waals surface area contributed by atoms with E-state index in [-0.39, 0.29) is 17.4 Å². The summed E-state index contributed by atoms with van der Waals surface area (Å²) < 4.78 is 0. The Morgan fingerprint density at radius 2 is 1.78 bits per heavy atom. The second-order valence-electron chi connectivity index (χ2n) is 5.98. The van der Waals surface area contributed by atoms with Gasteiger partial charge >= 0.3 is 0 Å². The Morgan fingerprint density at radius 3 is 2.41 bits per heavy atom. The van der Waals surface area contributed by atoms with Crippen LogP contribution in [-0.4, -0.2) is 22.8 Å². The van der Waals surface area contributed by atoms with Gasteiger partial charge in [-0.05, 0) is 37.6 Å². The number of nitrogens with zero attached hydrogens (tertiary/aromatic N) is 1. The number of nitro benzene ring substituents is 1. The molecule has 0 aliphatic rings. The topological polar surface area (TPSA) is 113 Å². The van der Waals surface area contributed by atoms with Gasteiger partial charge in [0, 0.05) is 23.7 Å². The number of non-ortho nitro benzene ring substituents is 1. The number of carbonyl (C=O) groups excluding carboxylic acids is 2. The van der Waals surface area contributed by atoms with Crippen molar-refractivity contribution in [3.8, 4) is 0 Å². The molecule has 0 heterocycles. The maximum absolute atomic E-state index is 12.4. The van der Waals surface area contributed by atoms with Gasteiger partial charge in [-0.2, -0.15) is 0 Å². The second-order valence-corrected chi connectivity index (χ2v) is 5.98. The van der Waals surface area contributed by atoms with E-state index in [9.17, 15) is 19.7 Å². The van der Waals surface area contributed by atoms with Gasteiger partial charge in [-0.25, -0.2) is 5.43 Å². The van der Waals surface area contributed by atoms with Crippen LogP contribution in [0.25, 0.3) is 6.08 Å². The zero-order valence-electron chi connectivity index (χ0n) is 14.9. The summed E-state index contributed by atoms with van der Waals surface area (Å²) in [7, 11) is 0. The molecule has 0 saturated heterocycles. The van der Waals surface area contributed by atoms with Crippen LogP contribution in [0, 0.1) is 10.1 Å². The Bertz CT molecular complexity index is 863. The van der Waals surface area contributed by atoms with E-state index < -0.39 is 16.7 Å². The highest BCUT2D eigenvalue weighted by Gasteiger charge is 2.15. The average Bonchev–Trinajstić information content (AvgIpc) is 2.66. The van der Waals surface area contributed by atoms with Crippen molar-refractivity contribution in [1.82, 2.24) is 16.2 Å². The van der Waals surface area contributed by atoms with Crippen LogP contribution >= 0.6 is 0 Å². The molecule has 2 amide bonds. The summed E-state index contributed by atoms with van der Waals surface area (Å²) in [6.07, 6.45) is 1.38. The number of carbonyl (C=O) groups is 2. The fourth-order valence-electron chi connectivity index (χ4n) is 2.11. The standard InChI is InChI=1S/C19H20N4O4/c1-13(2)21-22-19(25)17(20-18(24)15-8-4-3-5-9-15)12-14-7-6-10-16(11-14)23(26)27/h3-13,21H,1-2H3,(H,20,24)(H,22,25)/b17-12-. The minimum absolute atomic E-state index is 0.0159. The molecule has 0 saturated carbocycles. The van der Waals surface area contributed by atoms with Gasteiger partial charge < -0.3 is 5.32 Å². The molecule has 0 bridgehead atoms. The van der Waals surface area contributed by atoms with Crippen molar-refractivity contribution in [2.24, 2.45) is 0 Å². The fraction of sp³-hybridized carbons (Fsp3) is 0.158. The Balaban J connectivity index is 2.31. The summed E-state index contributed by atoms with van der Waals surface area (Å²) in [6, 6.07) is 14.2. The molecule has 0 unspecified atom stereocenters. The van der Waals surface area contributed by atoms with Crippen LogP contribution in [0.15, 0.2) is 60.3 Å². The van der Waals surface area contributed by atoms with E-state index in [1.807, 2.05) is 13.8 Å². The first kappa shape index (κ1) is 19.8. The van der Waals surface area contributed by atoms with Gasteiger partial charge in [-0.1, -0.05) is 30.3 Å². The summed E-state index contributed by atoms with van der Waals surface area (Å²) in [6.45, 7) is 3.68. The largest absolute Gasteiger partial charge is 0.317 e. The van der Waals surface area contributed by atoms with Gasteiger partial charge in [0.1, 0.15) is 5.70 Å². The quantitative estimate of drug-likeness (QED) is 0.394. The predicted molar refractivity (Wildman–Crippen MR) is 101 cm³/mol. The monoisotopic (exact) mass is 368 g/mol. The van der Waals surface area contributed by atoms with Crippen LogP contribution in [0.4, 0.5) is 5.69 Å². The zero-order chi connectivity index (χ0) is 19.8. The highest BCUT2D eigenvalue weighted by molar-refractivity contribution is 6.05. The molecular formula is C19H20N4O4. The Hall–Kier alpha value is -3.52. The summed E-state index contributed by atoms with van der Waals surface area (Å²) in [5.74, 6) is -1.04. The number of hydrogen-bond donors (Lipinski definition) is 3. The molecule has 8 nitrogen and oxygen atoms in total. The third-order valence-electron chi connectivity index (χ3n) is 3.40. The first-order valence-electron chi connectivity index (χ1n) is 8.25. The smallest absolute Gasteiger partial charge is 0.281 e. The van der Waals surface area contributed by atoms with Gasteiger partial charge in [-0.15, -0.1) is 0 Å². The van der Waals surface area contributed by atoms with Gasteiger partial charge in [0.05, 0.1) is 4.92 Å². The van der Waals surface area contributed by atoms with Gasteiger partial charge in [0.25, 0.3) is 17.5 Å². The third kappa shape index (κ3) is 6.05. The van der Waals surface area contributed by atoms with E-state index in [1.54, 1.807) is 36.4 Å². The van der Waals surface area contributed by atoms with Crippen molar-refractivity contribution in [3.63, 3.8) is 0 Å². The highest BCUT2D eigenvalue weighted by Crippen LogP contribution is 2.15. The second kappa shape index (κ2) is 9.25. The molecule has 3 N–H and O–H groups in total. The van der Waals surface area contributed by atoms with Crippen molar-refractivity contribution in [2.75, 3.05) is 0 Å². The van der Waals surface area contributed by atoms with Crippen molar-refractivity contribution in [1.29, 1.82) is 0 Å². The molecule has 0 radical (unpaired) electrons. The number of nitrogens with one attached hydrogen (secondary N) is 3. The zero-order valence-corrected chi connectivity index (χ0v) is 14.9. The summed E-state index contributed by atoms with van der Waals surface area (Å²) in [4.78, 5) is 35.3. The molecule has 0 spiro atoms. The van der Waals surface area contributed by atoms with Crippen molar-refractivity contribution in [2.45, 2.75) is 19.9 Å². The predicted octanol–water partition coefficient (Wildman–Crippen LogP) is 2.39. The van der Waals surface area contributed by atoms with Crippen molar-refractivity contribution < 1.29 is 14.5 Å². The lowest BCUT2D eigenvalue weighted by Crippen LogP contribution is -2.45. The number of amides is 2. The van der Waals surface area contributed by atoms with Crippen LogP contribution in [0.1, 0.15) is 29.8 Å². The number of hydrogen-bond acceptors (Lipinski definition) is 5. The molecule has 0 aliphatic carbocycles. The maximum Gasteiger partial charge on any atom is 0.281 e. The lowest BCUT2D eigenvalue weighted by atomic mass is 10.1. The van der Waals surface area contributed by atoms with E-state index in [0.29, 0.717) is 11.1 Å². The summed E-state index contributed by atoms with van der Waals surface area (Å²) >= 11 is 0. The van der Waals surface area contributed by atoms with E-state index >= 15 is 0 Å². The lowest BCUT2D eigenvalue weighted by Gasteiger charge is -2.13. The molecular weight excluding hydrogens is 348 g/mol. The minimum atomic E-state index is -0.570. The van der Waals surface area contributed by atoms with Crippen LogP contribution < -0.4 is 16.2 Å². The first-order chi connectivity index (χ1) is 12.9. The normalized spacial score (nSPS) is 11.1. The van der Waals surface area contributed by atoms with Gasteiger partial charge in [0.2, 0.25) is 0 Å². The highest BCUT2D eigenvalue weighted by atomic mass is 16.6. The lowest BCUT2D eigenvalue weighted by molar-refractivity contribution is -0.384. The number of rotatable bonds is 7. The molecule has 0 aromatic heterocycles. The maximum atomic E-state index is 12.4. The third-order valence-corrected chi connectivity index (χ3v) is 3.40. The van der Waals surface area contributed by atoms with Crippen molar-refractivity contribution in [3.05, 3.63) is 81.5 Å². The van der Waals surface area contributed by atoms with E-state index in [1.165, 1.54) is 24.3 Å². The number of nitro groups is 1. The molecule has 2 rings (SSSR count). The minimum Gasteiger partial charge on any atom is -0.317 e. The molecule has 0 atom stereocenters. The number of benzene rings is 2. The first-order valence-corrected chi connectivity index (χ1v) is 8.25. The van der Waals surface area contributed by atoms with Gasteiger partial charge in [0.15, 0.2) is 0 Å². The molecule has 2 aromatic rings. The Labute approximate surface area is 156 Å². The van der Waals surface area contributed by atoms with E-state index in [2.05, 4.69) is 16.2 Å². The van der Waals surface area contributed by atoms with Crippen molar-refractivity contribution >= 4 is 23.6 Å². The molecule has 8 heteroatoms. The Morgan fingerprint density at radius 1 is 1.07 bits per heavy atom. The number of hydrazine groups is 1. The van der Waals surface area contributed by atoms with E-state index in [0.717, 1.165) is 0 Å². The van der Waals surface area contributed by atoms with Crippen LogP contribution in [-0.2, 0) is 4.79 Å². The van der Waals surface area contributed by atoms with E-state index in [4.69, 9.17) is 0 Å². The van der Waals surface area contributed by atoms with Crippen LogP contribution in [0.2, 0.25) is 0 Å².